The van der Waals surface area contributed by atoms with E-state index in [1.54, 1.807) is 27.4 Å². The molecule has 1 atom stereocenters. The van der Waals surface area contributed by atoms with Crippen molar-refractivity contribution in [2.24, 2.45) is 5.92 Å². The van der Waals surface area contributed by atoms with E-state index in [2.05, 4.69) is 19.1 Å². The van der Waals surface area contributed by atoms with E-state index in [0.29, 0.717) is 0 Å². The van der Waals surface area contributed by atoms with Crippen LogP contribution in [0, 0.1) is 5.92 Å². The Balaban J connectivity index is 2.60. The quantitative estimate of drug-likeness (QED) is 0.539. The molecule has 0 bridgehead atoms. The molecule has 0 aliphatic heterocycles. The van der Waals surface area contributed by atoms with Crippen LogP contribution < -0.4 is 0 Å². The van der Waals surface area contributed by atoms with Gasteiger partial charge in [-0.3, -0.25) is 0 Å². The molecule has 1 unspecified atom stereocenters. The van der Waals surface area contributed by atoms with E-state index in [-0.39, 0.29) is 0 Å². The molecule has 8 heavy (non-hydrogen) atoms. The van der Waals surface area contributed by atoms with Gasteiger partial charge in [0.1, 0.15) is 0 Å². The molecule has 1 heteroatoms. The van der Waals surface area contributed by atoms with Crippen LogP contribution in [0.2, 0.25) is 0 Å². The van der Waals surface area contributed by atoms with Crippen LogP contribution in [0.1, 0.15) is 19.8 Å². The number of hydrogen-bond donors (Lipinski definition) is 0. The Hall–Kier alpha value is 0.493. The van der Waals surface area contributed by atoms with Gasteiger partial charge in [-0.1, -0.05) is 0 Å². The fourth-order valence-electron chi connectivity index (χ4n) is 0.876. The maximum absolute atomic E-state index is 2.31. The van der Waals surface area contributed by atoms with E-state index in [9.17, 15) is 0 Å². The molecule has 1 aliphatic rings. The van der Waals surface area contributed by atoms with E-state index >= 15 is 0 Å². The molecule has 0 aromatic heterocycles. The summed E-state index contributed by atoms with van der Waals surface area (Å²) in [6.45, 7) is 2.31. The molecule has 40 valence electrons. The van der Waals surface area contributed by atoms with Crippen molar-refractivity contribution in [1.29, 1.82) is 0 Å². The topological polar surface area (TPSA) is 0 Å². The van der Waals surface area contributed by atoms with Crippen molar-refractivity contribution in [3.63, 3.8) is 0 Å². The summed E-state index contributed by atoms with van der Waals surface area (Å²) in [4.78, 5) is 0. The Morgan fingerprint density at radius 2 is 2.50 bits per heavy atom. The van der Waals surface area contributed by atoms with Crippen LogP contribution in [-0.4, -0.2) is 3.21 Å². The molecule has 0 N–H and O–H groups in total. The molecule has 1 aliphatic carbocycles. The molecule has 0 heterocycles. The monoisotopic (exact) mass is 184 g/mol. The van der Waals surface area contributed by atoms with Crippen LogP contribution >= 0.6 is 0 Å². The SMILES string of the molecule is CC1CCC=C[C]1=[Zr+2]. The van der Waals surface area contributed by atoms with Gasteiger partial charge in [0.2, 0.25) is 0 Å². The zero-order valence-corrected chi connectivity index (χ0v) is 7.60. The first kappa shape index (κ1) is 6.61. The molecule has 0 saturated heterocycles. The van der Waals surface area contributed by atoms with E-state index in [0.717, 1.165) is 5.92 Å². The molecule has 0 amide bonds. The van der Waals surface area contributed by atoms with E-state index in [1.165, 1.54) is 12.8 Å². The second kappa shape index (κ2) is 2.87. The van der Waals surface area contributed by atoms with Gasteiger partial charge < -0.3 is 0 Å². The third-order valence-electron chi connectivity index (χ3n) is 1.59. The van der Waals surface area contributed by atoms with E-state index in [1.807, 2.05) is 0 Å². The molecule has 0 saturated carbocycles. The average molecular weight is 185 g/mol. The third-order valence-corrected chi connectivity index (χ3v) is 3.22. The van der Waals surface area contributed by atoms with Gasteiger partial charge in [-0.15, -0.1) is 0 Å². The van der Waals surface area contributed by atoms with Crippen LogP contribution in [0.4, 0.5) is 0 Å². The average Bonchev–Trinajstić information content (AvgIpc) is 1.77. The summed E-state index contributed by atoms with van der Waals surface area (Å²) >= 11 is 1.60. The number of rotatable bonds is 0. The molecular weight excluding hydrogens is 175 g/mol. The minimum absolute atomic E-state index is 0.873. The Kier molecular flexibility index (Phi) is 2.37. The molecule has 0 aromatic carbocycles. The summed E-state index contributed by atoms with van der Waals surface area (Å²) in [5, 5.41) is 0. The Morgan fingerprint density at radius 3 is 2.88 bits per heavy atom. The third kappa shape index (κ3) is 1.48. The summed E-state index contributed by atoms with van der Waals surface area (Å²) in [5.41, 5.74) is 0. The van der Waals surface area contributed by atoms with Crippen molar-refractivity contribution in [2.45, 2.75) is 19.8 Å². The number of allylic oxidation sites excluding steroid dienone is 2. The van der Waals surface area contributed by atoms with Crippen molar-refractivity contribution >= 4 is 3.21 Å². The van der Waals surface area contributed by atoms with Crippen LogP contribution in [0.5, 0.6) is 0 Å². The van der Waals surface area contributed by atoms with Gasteiger partial charge in [-0.2, -0.15) is 0 Å². The fraction of sp³-hybridized carbons (Fsp3) is 0.571. The second-order valence-electron chi connectivity index (χ2n) is 2.34. The van der Waals surface area contributed by atoms with Gasteiger partial charge in [-0.05, 0) is 0 Å². The van der Waals surface area contributed by atoms with Crippen LogP contribution in [0.3, 0.4) is 0 Å². The second-order valence-corrected chi connectivity index (χ2v) is 3.76. The van der Waals surface area contributed by atoms with Crippen molar-refractivity contribution in [3.8, 4) is 0 Å². The molecular formula is C7H10Zr+2. The Morgan fingerprint density at radius 1 is 1.75 bits per heavy atom. The summed E-state index contributed by atoms with van der Waals surface area (Å²) < 4.78 is 1.63. The Labute approximate surface area is 65.3 Å². The summed E-state index contributed by atoms with van der Waals surface area (Å²) in [6, 6.07) is 0. The first-order valence-corrected chi connectivity index (χ1v) is 4.28. The first-order chi connectivity index (χ1) is 3.80. The van der Waals surface area contributed by atoms with Gasteiger partial charge in [-0.25, -0.2) is 0 Å². The van der Waals surface area contributed by atoms with Crippen molar-refractivity contribution in [1.82, 2.24) is 0 Å². The van der Waals surface area contributed by atoms with Gasteiger partial charge in [0.25, 0.3) is 0 Å². The van der Waals surface area contributed by atoms with Gasteiger partial charge in [0.15, 0.2) is 0 Å². The van der Waals surface area contributed by atoms with Gasteiger partial charge in [0, 0.05) is 0 Å². The van der Waals surface area contributed by atoms with Crippen molar-refractivity contribution < 1.29 is 24.2 Å². The molecule has 0 spiro atoms. The zero-order valence-electron chi connectivity index (χ0n) is 5.15. The van der Waals surface area contributed by atoms with Crippen LogP contribution in [-0.2, 0) is 24.2 Å². The predicted octanol–water partition coefficient (Wildman–Crippen LogP) is 1.69. The molecule has 0 radical (unpaired) electrons. The maximum atomic E-state index is 2.31. The zero-order chi connectivity index (χ0) is 5.98. The summed E-state index contributed by atoms with van der Waals surface area (Å²) in [5.74, 6) is 0.873. The van der Waals surface area contributed by atoms with E-state index in [4.69, 9.17) is 0 Å². The van der Waals surface area contributed by atoms with Crippen LogP contribution in [0.25, 0.3) is 0 Å². The Bertz CT molecular complexity index is 124. The minimum atomic E-state index is 0.873. The summed E-state index contributed by atoms with van der Waals surface area (Å²) in [6.07, 6.45) is 7.23. The van der Waals surface area contributed by atoms with Crippen molar-refractivity contribution in [2.75, 3.05) is 0 Å². The number of hydrogen-bond acceptors (Lipinski definition) is 0. The van der Waals surface area contributed by atoms with Crippen LogP contribution in [0.15, 0.2) is 12.2 Å². The standard InChI is InChI=1S/C7H10.Zr/c1-7-5-3-2-4-6-7;/h2-3,7H,4,6H2,1H3;/q;+2. The molecule has 0 fully saturated rings. The van der Waals surface area contributed by atoms with Crippen molar-refractivity contribution in [3.05, 3.63) is 12.2 Å². The molecule has 0 nitrogen and oxygen atoms in total. The van der Waals surface area contributed by atoms with E-state index < -0.39 is 0 Å². The summed E-state index contributed by atoms with van der Waals surface area (Å²) in [7, 11) is 0. The van der Waals surface area contributed by atoms with Gasteiger partial charge >= 0.3 is 65.3 Å². The molecule has 0 aromatic rings. The molecule has 1 rings (SSSR count). The first-order valence-electron chi connectivity index (χ1n) is 3.05. The normalized spacial score (nSPS) is 28.9. The predicted molar refractivity (Wildman–Crippen MR) is 32.5 cm³/mol. The van der Waals surface area contributed by atoms with Gasteiger partial charge in [0.05, 0.1) is 0 Å². The fourth-order valence-corrected chi connectivity index (χ4v) is 1.52.